The maximum Gasteiger partial charge on any atom is 0.123 e. The first-order chi connectivity index (χ1) is 8.70. The van der Waals surface area contributed by atoms with Crippen molar-refractivity contribution in [3.63, 3.8) is 0 Å². The Morgan fingerprint density at radius 3 is 3.17 bits per heavy atom. The topological polar surface area (TPSA) is 38.5 Å². The molecule has 1 aromatic rings. The molecule has 0 aromatic heterocycles. The van der Waals surface area contributed by atoms with Crippen molar-refractivity contribution in [2.24, 2.45) is 5.73 Å². The fourth-order valence-corrected chi connectivity index (χ4v) is 3.10. The molecular formula is C15H22N2O. The predicted octanol–water partition coefficient (Wildman–Crippen LogP) is 1.72. The van der Waals surface area contributed by atoms with Crippen molar-refractivity contribution in [1.29, 1.82) is 0 Å². The van der Waals surface area contributed by atoms with Gasteiger partial charge in [-0.2, -0.15) is 0 Å². The summed E-state index contributed by atoms with van der Waals surface area (Å²) < 4.78 is 6.02. The molecule has 0 bridgehead atoms. The van der Waals surface area contributed by atoms with E-state index in [1.807, 2.05) is 0 Å². The van der Waals surface area contributed by atoms with Gasteiger partial charge in [0.05, 0.1) is 0 Å². The highest BCUT2D eigenvalue weighted by Crippen LogP contribution is 2.30. The van der Waals surface area contributed by atoms with E-state index in [1.54, 1.807) is 0 Å². The van der Waals surface area contributed by atoms with Crippen LogP contribution in [0.1, 0.15) is 24.0 Å². The lowest BCUT2D eigenvalue weighted by Crippen LogP contribution is -2.46. The fourth-order valence-electron chi connectivity index (χ4n) is 3.10. The summed E-state index contributed by atoms with van der Waals surface area (Å²) in [4.78, 5) is 2.46. The van der Waals surface area contributed by atoms with Crippen molar-refractivity contribution >= 4 is 0 Å². The van der Waals surface area contributed by atoms with Crippen molar-refractivity contribution in [2.45, 2.75) is 38.3 Å². The lowest BCUT2D eigenvalue weighted by Gasteiger charge is -2.32. The molecule has 0 saturated carbocycles. The number of hydrogen-bond donors (Lipinski definition) is 1. The second-order valence-electron chi connectivity index (χ2n) is 5.72. The molecule has 2 aliphatic rings. The second kappa shape index (κ2) is 4.90. The summed E-state index contributed by atoms with van der Waals surface area (Å²) in [7, 11) is 0. The lowest BCUT2D eigenvalue weighted by molar-refractivity contribution is 0.127. The van der Waals surface area contributed by atoms with Crippen molar-refractivity contribution in [3.05, 3.63) is 29.3 Å². The third-order valence-electron chi connectivity index (χ3n) is 3.96. The maximum absolute atomic E-state index is 6.02. The average molecular weight is 246 g/mol. The first-order valence-corrected chi connectivity index (χ1v) is 6.95. The minimum absolute atomic E-state index is 0.312. The molecule has 2 heterocycles. The quantitative estimate of drug-likeness (QED) is 0.863. The molecule has 3 heteroatoms. The Morgan fingerprint density at radius 1 is 1.44 bits per heavy atom. The molecule has 1 aromatic carbocycles. The van der Waals surface area contributed by atoms with Gasteiger partial charge >= 0.3 is 0 Å². The van der Waals surface area contributed by atoms with Crippen LogP contribution in [0.4, 0.5) is 0 Å². The minimum Gasteiger partial charge on any atom is -0.488 e. The Hall–Kier alpha value is -1.06. The van der Waals surface area contributed by atoms with Gasteiger partial charge in [-0.3, -0.25) is 4.90 Å². The smallest absolute Gasteiger partial charge is 0.123 e. The van der Waals surface area contributed by atoms with E-state index in [0.29, 0.717) is 12.1 Å². The molecule has 0 aliphatic carbocycles. The van der Waals surface area contributed by atoms with Gasteiger partial charge in [0.2, 0.25) is 0 Å². The van der Waals surface area contributed by atoms with E-state index in [-0.39, 0.29) is 0 Å². The van der Waals surface area contributed by atoms with E-state index in [4.69, 9.17) is 10.5 Å². The molecule has 18 heavy (non-hydrogen) atoms. The van der Waals surface area contributed by atoms with Crippen LogP contribution in [0.25, 0.3) is 0 Å². The van der Waals surface area contributed by atoms with Crippen LogP contribution in [-0.4, -0.2) is 36.7 Å². The van der Waals surface area contributed by atoms with Crippen molar-refractivity contribution in [3.8, 4) is 5.75 Å². The minimum atomic E-state index is 0.312. The molecule has 1 unspecified atom stereocenters. The Morgan fingerprint density at radius 2 is 2.33 bits per heavy atom. The highest BCUT2D eigenvalue weighted by molar-refractivity contribution is 5.40. The molecule has 3 nitrogen and oxygen atoms in total. The molecule has 1 saturated heterocycles. The summed E-state index contributed by atoms with van der Waals surface area (Å²) in [5.41, 5.74) is 8.70. The van der Waals surface area contributed by atoms with Gasteiger partial charge in [0.25, 0.3) is 0 Å². The SMILES string of the molecule is Cc1ccc2c(c1)CC(CN1CCC[C@@H](N)C1)O2. The number of rotatable bonds is 2. The highest BCUT2D eigenvalue weighted by Gasteiger charge is 2.26. The number of likely N-dealkylation sites (tertiary alicyclic amines) is 1. The molecule has 0 spiro atoms. The molecule has 2 atom stereocenters. The normalized spacial score (nSPS) is 27.9. The molecule has 1 fully saturated rings. The summed E-state index contributed by atoms with van der Waals surface area (Å²) in [5, 5.41) is 0. The van der Waals surface area contributed by atoms with Gasteiger partial charge in [0.1, 0.15) is 11.9 Å². The van der Waals surface area contributed by atoms with Gasteiger partial charge in [-0.1, -0.05) is 17.7 Å². The predicted molar refractivity (Wildman–Crippen MR) is 72.9 cm³/mol. The molecule has 3 rings (SSSR count). The monoisotopic (exact) mass is 246 g/mol. The average Bonchev–Trinajstić information content (AvgIpc) is 2.70. The number of aryl methyl sites for hydroxylation is 1. The van der Waals surface area contributed by atoms with Gasteiger partial charge in [-0.05, 0) is 37.9 Å². The van der Waals surface area contributed by atoms with Crippen LogP contribution in [-0.2, 0) is 6.42 Å². The summed E-state index contributed by atoms with van der Waals surface area (Å²) in [5.74, 6) is 1.08. The largest absolute Gasteiger partial charge is 0.488 e. The number of ether oxygens (including phenoxy) is 1. The van der Waals surface area contributed by atoms with E-state index >= 15 is 0 Å². The van der Waals surface area contributed by atoms with Crippen LogP contribution in [0.15, 0.2) is 18.2 Å². The zero-order valence-electron chi connectivity index (χ0n) is 11.1. The van der Waals surface area contributed by atoms with E-state index in [1.165, 1.54) is 30.5 Å². The Kier molecular flexibility index (Phi) is 3.27. The molecule has 2 aliphatic heterocycles. The third-order valence-corrected chi connectivity index (χ3v) is 3.96. The van der Waals surface area contributed by atoms with Crippen molar-refractivity contribution < 1.29 is 4.74 Å². The highest BCUT2D eigenvalue weighted by atomic mass is 16.5. The van der Waals surface area contributed by atoms with Gasteiger partial charge in [-0.15, -0.1) is 0 Å². The summed E-state index contributed by atoms with van der Waals surface area (Å²) in [6.07, 6.45) is 3.75. The maximum atomic E-state index is 6.02. The summed E-state index contributed by atoms with van der Waals surface area (Å²) in [6.45, 7) is 5.34. The van der Waals surface area contributed by atoms with Gasteiger partial charge < -0.3 is 10.5 Å². The molecule has 0 amide bonds. The summed E-state index contributed by atoms with van der Waals surface area (Å²) >= 11 is 0. The zero-order valence-corrected chi connectivity index (χ0v) is 11.1. The number of fused-ring (bicyclic) bond motifs is 1. The van der Waals surface area contributed by atoms with E-state index in [2.05, 4.69) is 30.0 Å². The van der Waals surface area contributed by atoms with E-state index in [9.17, 15) is 0 Å². The molecule has 0 radical (unpaired) electrons. The van der Waals surface area contributed by atoms with Crippen LogP contribution in [0.5, 0.6) is 5.75 Å². The molecule has 98 valence electrons. The number of piperidine rings is 1. The zero-order chi connectivity index (χ0) is 12.5. The number of nitrogens with zero attached hydrogens (tertiary/aromatic N) is 1. The standard InChI is InChI=1S/C15H22N2O/c1-11-4-5-15-12(7-11)8-14(18-15)10-17-6-2-3-13(16)9-17/h4-5,7,13-14H,2-3,6,8-10,16H2,1H3/t13-,14?/m1/s1. The van der Waals surface area contributed by atoms with Gasteiger partial charge in [-0.25, -0.2) is 0 Å². The lowest BCUT2D eigenvalue weighted by atomic mass is 10.0. The summed E-state index contributed by atoms with van der Waals surface area (Å²) in [6, 6.07) is 6.83. The Labute approximate surface area is 109 Å². The van der Waals surface area contributed by atoms with Crippen LogP contribution < -0.4 is 10.5 Å². The van der Waals surface area contributed by atoms with E-state index < -0.39 is 0 Å². The van der Waals surface area contributed by atoms with Gasteiger partial charge in [0.15, 0.2) is 0 Å². The Balaban J connectivity index is 1.60. The Bertz CT molecular complexity index is 433. The number of nitrogens with two attached hydrogens (primary N) is 1. The third kappa shape index (κ3) is 2.52. The fraction of sp³-hybridized carbons (Fsp3) is 0.600. The molecule has 2 N–H and O–H groups in total. The van der Waals surface area contributed by atoms with Crippen LogP contribution in [0, 0.1) is 6.92 Å². The number of hydrogen-bond acceptors (Lipinski definition) is 3. The van der Waals surface area contributed by atoms with E-state index in [0.717, 1.165) is 25.3 Å². The first-order valence-electron chi connectivity index (χ1n) is 6.95. The number of benzene rings is 1. The van der Waals surface area contributed by atoms with Crippen LogP contribution >= 0.6 is 0 Å². The van der Waals surface area contributed by atoms with Crippen LogP contribution in [0.2, 0.25) is 0 Å². The van der Waals surface area contributed by atoms with Crippen molar-refractivity contribution in [2.75, 3.05) is 19.6 Å². The van der Waals surface area contributed by atoms with Crippen molar-refractivity contribution in [1.82, 2.24) is 4.90 Å². The van der Waals surface area contributed by atoms with Crippen LogP contribution in [0.3, 0.4) is 0 Å². The second-order valence-corrected chi connectivity index (χ2v) is 5.72. The molecular weight excluding hydrogens is 224 g/mol. The first kappa shape index (κ1) is 12.0. The van der Waals surface area contributed by atoms with Gasteiger partial charge in [0, 0.05) is 25.6 Å².